The van der Waals surface area contributed by atoms with Gasteiger partial charge >= 0.3 is 0 Å². The Morgan fingerprint density at radius 1 is 1.42 bits per heavy atom. The van der Waals surface area contributed by atoms with Crippen molar-refractivity contribution in [1.82, 2.24) is 0 Å². The minimum atomic E-state index is 0.697. The molecule has 0 aliphatic rings. The summed E-state index contributed by atoms with van der Waals surface area (Å²) in [7, 11) is 0. The zero-order valence-electron chi connectivity index (χ0n) is 7.29. The second-order valence-corrected chi connectivity index (χ2v) is 3.24. The van der Waals surface area contributed by atoms with Crippen LogP contribution < -0.4 is 0 Å². The van der Waals surface area contributed by atoms with E-state index in [0.29, 0.717) is 6.61 Å². The highest BCUT2D eigenvalue weighted by atomic mass is 32.1. The van der Waals surface area contributed by atoms with Crippen LogP contribution in [0.25, 0.3) is 0 Å². The number of hydrogen-bond acceptors (Lipinski definition) is 2. The second-order valence-electron chi connectivity index (χ2n) is 2.72. The number of benzene rings is 1. The molecule has 0 atom stereocenters. The van der Waals surface area contributed by atoms with Crippen molar-refractivity contribution in [3.05, 3.63) is 29.8 Å². The van der Waals surface area contributed by atoms with Crippen molar-refractivity contribution in [3.63, 3.8) is 0 Å². The lowest BCUT2D eigenvalue weighted by Crippen LogP contribution is -1.93. The molecule has 0 saturated carbocycles. The molecule has 0 bridgehead atoms. The van der Waals surface area contributed by atoms with Crippen molar-refractivity contribution in [1.29, 1.82) is 0 Å². The molecule has 0 aromatic heterocycles. The van der Waals surface area contributed by atoms with Gasteiger partial charge in [-0.15, -0.1) is 12.6 Å². The van der Waals surface area contributed by atoms with Crippen LogP contribution in [0.1, 0.15) is 18.9 Å². The molecule has 0 unspecified atom stereocenters. The molecule has 1 aromatic carbocycles. The maximum Gasteiger partial charge on any atom is 0.0717 e. The summed E-state index contributed by atoms with van der Waals surface area (Å²) in [4.78, 5) is 0.993. The third-order valence-corrected chi connectivity index (χ3v) is 1.81. The topological polar surface area (TPSA) is 9.23 Å². The molecule has 0 aliphatic carbocycles. The van der Waals surface area contributed by atoms with Crippen molar-refractivity contribution in [2.75, 3.05) is 6.61 Å². The Morgan fingerprint density at radius 3 is 2.92 bits per heavy atom. The average Bonchev–Trinajstić information content (AvgIpc) is 2.05. The molecular formula is C10H14OS. The summed E-state index contributed by atoms with van der Waals surface area (Å²) in [6.45, 7) is 3.63. The van der Waals surface area contributed by atoms with Gasteiger partial charge in [0, 0.05) is 11.5 Å². The fourth-order valence-corrected chi connectivity index (χ4v) is 1.23. The van der Waals surface area contributed by atoms with Crippen LogP contribution in [0.4, 0.5) is 0 Å². The van der Waals surface area contributed by atoms with Crippen LogP contribution in [0.5, 0.6) is 0 Å². The van der Waals surface area contributed by atoms with Gasteiger partial charge in [-0.2, -0.15) is 0 Å². The van der Waals surface area contributed by atoms with E-state index in [4.69, 9.17) is 4.74 Å². The largest absolute Gasteiger partial charge is 0.377 e. The quantitative estimate of drug-likeness (QED) is 0.556. The zero-order valence-corrected chi connectivity index (χ0v) is 8.18. The van der Waals surface area contributed by atoms with Gasteiger partial charge in [-0.25, -0.2) is 0 Å². The molecule has 0 fully saturated rings. The molecule has 0 amide bonds. The van der Waals surface area contributed by atoms with E-state index in [0.717, 1.165) is 17.9 Å². The Kier molecular flexibility index (Phi) is 4.19. The van der Waals surface area contributed by atoms with E-state index >= 15 is 0 Å². The average molecular weight is 182 g/mol. The summed E-state index contributed by atoms with van der Waals surface area (Å²) in [5.41, 5.74) is 1.19. The van der Waals surface area contributed by atoms with Crippen LogP contribution in [0, 0.1) is 0 Å². The van der Waals surface area contributed by atoms with E-state index in [1.54, 1.807) is 0 Å². The molecular weight excluding hydrogens is 168 g/mol. The maximum absolute atomic E-state index is 5.39. The highest BCUT2D eigenvalue weighted by Crippen LogP contribution is 2.09. The summed E-state index contributed by atoms with van der Waals surface area (Å²) in [5, 5.41) is 0. The molecule has 12 heavy (non-hydrogen) atoms. The predicted octanol–water partition coefficient (Wildman–Crippen LogP) is 2.90. The van der Waals surface area contributed by atoms with Crippen molar-refractivity contribution in [3.8, 4) is 0 Å². The van der Waals surface area contributed by atoms with Gasteiger partial charge in [0.05, 0.1) is 6.61 Å². The van der Waals surface area contributed by atoms with Crippen LogP contribution in [-0.4, -0.2) is 6.61 Å². The van der Waals surface area contributed by atoms with Crippen molar-refractivity contribution in [2.24, 2.45) is 0 Å². The molecule has 0 radical (unpaired) electrons. The van der Waals surface area contributed by atoms with Crippen LogP contribution >= 0.6 is 12.6 Å². The lowest BCUT2D eigenvalue weighted by molar-refractivity contribution is 0.121. The molecule has 2 heteroatoms. The Balaban J connectivity index is 2.41. The Labute approximate surface area is 79.2 Å². The highest BCUT2D eigenvalue weighted by Gasteiger charge is 1.92. The van der Waals surface area contributed by atoms with Crippen molar-refractivity contribution < 1.29 is 4.74 Å². The first-order chi connectivity index (χ1) is 5.83. The van der Waals surface area contributed by atoms with Gasteiger partial charge in [-0.05, 0) is 24.1 Å². The van der Waals surface area contributed by atoms with E-state index in [1.807, 2.05) is 18.2 Å². The van der Waals surface area contributed by atoms with E-state index in [2.05, 4.69) is 25.6 Å². The number of hydrogen-bond donors (Lipinski definition) is 1. The van der Waals surface area contributed by atoms with Crippen LogP contribution in [0.3, 0.4) is 0 Å². The summed E-state index contributed by atoms with van der Waals surface area (Å²) in [5.74, 6) is 0. The van der Waals surface area contributed by atoms with E-state index in [1.165, 1.54) is 5.56 Å². The molecule has 0 saturated heterocycles. The minimum absolute atomic E-state index is 0.697. The van der Waals surface area contributed by atoms with E-state index in [9.17, 15) is 0 Å². The van der Waals surface area contributed by atoms with Gasteiger partial charge < -0.3 is 4.74 Å². The Morgan fingerprint density at radius 2 is 2.25 bits per heavy atom. The van der Waals surface area contributed by atoms with Gasteiger partial charge in [0.1, 0.15) is 0 Å². The Hall–Kier alpha value is -0.470. The van der Waals surface area contributed by atoms with E-state index < -0.39 is 0 Å². The zero-order chi connectivity index (χ0) is 8.81. The normalized spacial score (nSPS) is 10.2. The fraction of sp³-hybridized carbons (Fsp3) is 0.400. The lowest BCUT2D eigenvalue weighted by atomic mass is 10.2. The summed E-state index contributed by atoms with van der Waals surface area (Å²) in [6, 6.07) is 8.04. The molecule has 1 rings (SSSR count). The Bertz CT molecular complexity index is 235. The lowest BCUT2D eigenvalue weighted by Gasteiger charge is -2.02. The molecule has 1 nitrogen and oxygen atoms in total. The van der Waals surface area contributed by atoms with Crippen LogP contribution in [-0.2, 0) is 11.3 Å². The second kappa shape index (κ2) is 5.22. The maximum atomic E-state index is 5.39. The third kappa shape index (κ3) is 3.28. The molecule has 1 aromatic rings. The SMILES string of the molecule is CCCOCc1cccc(S)c1. The first kappa shape index (κ1) is 9.62. The third-order valence-electron chi connectivity index (χ3n) is 1.53. The summed E-state index contributed by atoms with van der Waals surface area (Å²) in [6.07, 6.45) is 1.07. The smallest absolute Gasteiger partial charge is 0.0717 e. The first-order valence-electron chi connectivity index (χ1n) is 4.18. The van der Waals surface area contributed by atoms with Gasteiger partial charge in [-0.3, -0.25) is 0 Å². The standard InChI is InChI=1S/C10H14OS/c1-2-6-11-8-9-4-3-5-10(12)7-9/h3-5,7,12H,2,6,8H2,1H3. The highest BCUT2D eigenvalue weighted by molar-refractivity contribution is 7.80. The van der Waals surface area contributed by atoms with Gasteiger partial charge in [-0.1, -0.05) is 19.1 Å². The van der Waals surface area contributed by atoms with Gasteiger partial charge in [0.2, 0.25) is 0 Å². The summed E-state index contributed by atoms with van der Waals surface area (Å²) >= 11 is 4.24. The fourth-order valence-electron chi connectivity index (χ4n) is 0.981. The van der Waals surface area contributed by atoms with Crippen molar-refractivity contribution in [2.45, 2.75) is 24.8 Å². The number of thiol groups is 1. The number of ether oxygens (including phenoxy) is 1. The molecule has 66 valence electrons. The first-order valence-corrected chi connectivity index (χ1v) is 4.63. The van der Waals surface area contributed by atoms with Gasteiger partial charge in [0.25, 0.3) is 0 Å². The van der Waals surface area contributed by atoms with Crippen LogP contribution in [0.2, 0.25) is 0 Å². The predicted molar refractivity (Wildman–Crippen MR) is 53.6 cm³/mol. The van der Waals surface area contributed by atoms with Gasteiger partial charge in [0.15, 0.2) is 0 Å². The molecule has 0 heterocycles. The molecule has 0 spiro atoms. The van der Waals surface area contributed by atoms with Crippen LogP contribution in [0.15, 0.2) is 29.2 Å². The monoisotopic (exact) mass is 182 g/mol. The summed E-state index contributed by atoms with van der Waals surface area (Å²) < 4.78 is 5.39. The van der Waals surface area contributed by atoms with E-state index in [-0.39, 0.29) is 0 Å². The molecule has 0 aliphatic heterocycles. The molecule has 0 N–H and O–H groups in total. The van der Waals surface area contributed by atoms with Crippen molar-refractivity contribution >= 4 is 12.6 Å². The minimum Gasteiger partial charge on any atom is -0.377 e. The number of rotatable bonds is 4.